The number of hydrogen-bond donors (Lipinski definition) is 1. The number of hydrogen-bond acceptors (Lipinski definition) is 3. The zero-order valence-electron chi connectivity index (χ0n) is 12.7. The molecule has 0 saturated heterocycles. The molecule has 2 aliphatic rings. The van der Waals surface area contributed by atoms with Crippen molar-refractivity contribution in [3.05, 3.63) is 18.2 Å². The molecule has 1 aromatic heterocycles. The van der Waals surface area contributed by atoms with Crippen LogP contribution in [0.2, 0.25) is 0 Å². The van der Waals surface area contributed by atoms with Crippen molar-refractivity contribution < 1.29 is 0 Å². The summed E-state index contributed by atoms with van der Waals surface area (Å²) in [7, 11) is 0. The quantitative estimate of drug-likeness (QED) is 0.753. The fourth-order valence-corrected chi connectivity index (χ4v) is 3.09. The highest BCUT2D eigenvalue weighted by Gasteiger charge is 2.33. The van der Waals surface area contributed by atoms with E-state index < -0.39 is 0 Å². The van der Waals surface area contributed by atoms with Gasteiger partial charge in [-0.25, -0.2) is 4.98 Å². The normalized spacial score (nSPS) is 20.6. The van der Waals surface area contributed by atoms with Gasteiger partial charge in [0.1, 0.15) is 0 Å². The van der Waals surface area contributed by atoms with Gasteiger partial charge in [0.15, 0.2) is 0 Å². The Labute approximate surface area is 122 Å². The molecule has 2 N–H and O–H groups in total. The summed E-state index contributed by atoms with van der Waals surface area (Å²) in [5.41, 5.74) is 7.45. The lowest BCUT2D eigenvalue weighted by molar-refractivity contribution is 0.178. The third kappa shape index (κ3) is 3.41. The van der Waals surface area contributed by atoms with Crippen LogP contribution in [0.3, 0.4) is 0 Å². The zero-order chi connectivity index (χ0) is 13.9. The average Bonchev–Trinajstić information content (AvgIpc) is 3.35. The molecular weight excluding hydrogens is 248 g/mol. The van der Waals surface area contributed by atoms with Crippen LogP contribution >= 0.6 is 0 Å². The van der Waals surface area contributed by atoms with E-state index in [-0.39, 0.29) is 0 Å². The summed E-state index contributed by atoms with van der Waals surface area (Å²) in [5.74, 6) is 1.84. The molecule has 0 radical (unpaired) electrons. The lowest BCUT2D eigenvalue weighted by atomic mass is 10.1. The van der Waals surface area contributed by atoms with E-state index >= 15 is 0 Å². The second-order valence-electron chi connectivity index (χ2n) is 6.60. The molecule has 2 aliphatic carbocycles. The Balaban J connectivity index is 1.74. The maximum Gasteiger partial charge on any atom is 0.0948 e. The predicted octanol–water partition coefficient (Wildman–Crippen LogP) is 2.41. The van der Waals surface area contributed by atoms with Crippen molar-refractivity contribution in [3.8, 4) is 0 Å². The minimum atomic E-state index is 0.352. The molecule has 0 spiro atoms. The van der Waals surface area contributed by atoms with E-state index in [1.54, 1.807) is 0 Å². The zero-order valence-corrected chi connectivity index (χ0v) is 12.7. The van der Waals surface area contributed by atoms with Gasteiger partial charge in [-0.2, -0.15) is 0 Å². The van der Waals surface area contributed by atoms with Crippen molar-refractivity contribution in [3.63, 3.8) is 0 Å². The van der Waals surface area contributed by atoms with Gasteiger partial charge in [0.25, 0.3) is 0 Å². The van der Waals surface area contributed by atoms with E-state index in [0.29, 0.717) is 12.6 Å². The van der Waals surface area contributed by atoms with Gasteiger partial charge in [-0.1, -0.05) is 6.92 Å². The summed E-state index contributed by atoms with van der Waals surface area (Å²) in [5, 5.41) is 0. The number of nitrogens with two attached hydrogens (primary N) is 1. The molecule has 3 rings (SSSR count). The van der Waals surface area contributed by atoms with E-state index in [9.17, 15) is 0 Å². The summed E-state index contributed by atoms with van der Waals surface area (Å²) in [4.78, 5) is 7.01. The van der Waals surface area contributed by atoms with Crippen LogP contribution in [0.15, 0.2) is 12.5 Å². The van der Waals surface area contributed by atoms with Crippen LogP contribution < -0.4 is 5.73 Å². The van der Waals surface area contributed by atoms with Gasteiger partial charge in [-0.15, -0.1) is 0 Å². The van der Waals surface area contributed by atoms with Gasteiger partial charge in [-0.05, 0) is 43.9 Å². The largest absolute Gasteiger partial charge is 0.333 e. The first-order valence-electron chi connectivity index (χ1n) is 8.26. The Hall–Kier alpha value is -0.870. The second-order valence-corrected chi connectivity index (χ2v) is 6.60. The topological polar surface area (TPSA) is 47.1 Å². The second kappa shape index (κ2) is 6.27. The molecule has 1 aromatic rings. The first kappa shape index (κ1) is 14.1. The van der Waals surface area contributed by atoms with Gasteiger partial charge in [0.05, 0.1) is 18.1 Å². The van der Waals surface area contributed by atoms with Crippen LogP contribution in [0.4, 0.5) is 0 Å². The molecule has 1 heterocycles. The van der Waals surface area contributed by atoms with E-state index in [2.05, 4.69) is 21.4 Å². The number of rotatable bonds is 9. The van der Waals surface area contributed by atoms with Crippen LogP contribution in [0, 0.1) is 11.8 Å². The summed E-state index contributed by atoms with van der Waals surface area (Å²) >= 11 is 0. The average molecular weight is 276 g/mol. The first-order valence-corrected chi connectivity index (χ1v) is 8.26. The van der Waals surface area contributed by atoms with Crippen molar-refractivity contribution >= 4 is 0 Å². The monoisotopic (exact) mass is 276 g/mol. The van der Waals surface area contributed by atoms with Crippen LogP contribution in [0.5, 0.6) is 0 Å². The Kier molecular flexibility index (Phi) is 4.41. The van der Waals surface area contributed by atoms with Crippen molar-refractivity contribution in [2.75, 3.05) is 19.6 Å². The summed E-state index contributed by atoms with van der Waals surface area (Å²) in [6.07, 6.45) is 10.8. The maximum absolute atomic E-state index is 6.14. The SMILES string of the molecule is CCCn1cncc1C(CN)N(CC1CC1)CC1CC1. The van der Waals surface area contributed by atoms with Gasteiger partial charge in [0, 0.05) is 32.4 Å². The number of aromatic nitrogens is 2. The van der Waals surface area contributed by atoms with E-state index in [1.807, 2.05) is 12.5 Å². The van der Waals surface area contributed by atoms with Gasteiger partial charge >= 0.3 is 0 Å². The van der Waals surface area contributed by atoms with E-state index in [4.69, 9.17) is 5.73 Å². The lowest BCUT2D eigenvalue weighted by Crippen LogP contribution is -2.38. The third-order valence-electron chi connectivity index (χ3n) is 4.59. The standard InChI is InChI=1S/C16H28N4/c1-2-7-19-12-18-9-16(19)15(8-17)20(10-13-3-4-13)11-14-5-6-14/h9,12-15H,2-8,10-11,17H2,1H3. The van der Waals surface area contributed by atoms with Crippen LogP contribution in [0.1, 0.15) is 50.8 Å². The van der Waals surface area contributed by atoms with Crippen LogP contribution in [0.25, 0.3) is 0 Å². The van der Waals surface area contributed by atoms with Crippen molar-refractivity contribution in [2.45, 2.75) is 51.6 Å². The van der Waals surface area contributed by atoms with Crippen LogP contribution in [-0.4, -0.2) is 34.1 Å². The van der Waals surface area contributed by atoms with Crippen molar-refractivity contribution in [1.29, 1.82) is 0 Å². The molecule has 20 heavy (non-hydrogen) atoms. The summed E-state index contributed by atoms with van der Waals surface area (Å²) in [6, 6.07) is 0.352. The van der Waals surface area contributed by atoms with Gasteiger partial charge in [0.2, 0.25) is 0 Å². The molecule has 1 atom stereocenters. The van der Waals surface area contributed by atoms with Crippen molar-refractivity contribution in [1.82, 2.24) is 14.5 Å². The highest BCUT2D eigenvalue weighted by molar-refractivity contribution is 5.07. The summed E-state index contributed by atoms with van der Waals surface area (Å²) in [6.45, 7) is 6.43. The summed E-state index contributed by atoms with van der Waals surface area (Å²) < 4.78 is 2.30. The molecule has 2 saturated carbocycles. The fourth-order valence-electron chi connectivity index (χ4n) is 3.09. The van der Waals surface area contributed by atoms with Crippen molar-refractivity contribution in [2.24, 2.45) is 17.6 Å². The van der Waals surface area contributed by atoms with Gasteiger partial charge in [-0.3, -0.25) is 4.90 Å². The maximum atomic E-state index is 6.14. The molecule has 4 nitrogen and oxygen atoms in total. The number of imidazole rings is 1. The molecule has 0 amide bonds. The molecule has 4 heteroatoms. The molecular formula is C16H28N4. The molecule has 2 fully saturated rings. The van der Waals surface area contributed by atoms with Crippen LogP contribution in [-0.2, 0) is 6.54 Å². The number of aryl methyl sites for hydroxylation is 1. The third-order valence-corrected chi connectivity index (χ3v) is 4.59. The Morgan fingerprint density at radius 3 is 2.45 bits per heavy atom. The minimum Gasteiger partial charge on any atom is -0.333 e. The van der Waals surface area contributed by atoms with E-state index in [1.165, 1.54) is 44.5 Å². The smallest absolute Gasteiger partial charge is 0.0948 e. The Morgan fingerprint density at radius 1 is 1.30 bits per heavy atom. The molecule has 1 unspecified atom stereocenters. The molecule has 112 valence electrons. The number of nitrogens with zero attached hydrogens (tertiary/aromatic N) is 3. The fraction of sp³-hybridized carbons (Fsp3) is 0.812. The van der Waals surface area contributed by atoms with Gasteiger partial charge < -0.3 is 10.3 Å². The minimum absolute atomic E-state index is 0.352. The molecule has 0 aromatic carbocycles. The molecule has 0 aliphatic heterocycles. The predicted molar refractivity (Wildman–Crippen MR) is 81.3 cm³/mol. The Bertz CT molecular complexity index is 406. The Morgan fingerprint density at radius 2 is 1.95 bits per heavy atom. The lowest BCUT2D eigenvalue weighted by Gasteiger charge is -2.31. The highest BCUT2D eigenvalue weighted by Crippen LogP contribution is 2.36. The first-order chi connectivity index (χ1) is 9.81. The van der Waals surface area contributed by atoms with E-state index in [0.717, 1.165) is 24.8 Å². The highest BCUT2D eigenvalue weighted by atomic mass is 15.2. The molecule has 0 bridgehead atoms.